The molecule has 0 aliphatic heterocycles. The van der Waals surface area contributed by atoms with E-state index in [0.29, 0.717) is 31.4 Å². The summed E-state index contributed by atoms with van der Waals surface area (Å²) in [4.78, 5) is 82.5. The van der Waals surface area contributed by atoms with Crippen LogP contribution in [0, 0.1) is 0 Å². The minimum Gasteiger partial charge on any atom is -0.404 e. The lowest BCUT2D eigenvalue weighted by molar-refractivity contribution is -0.139. The largest absolute Gasteiger partial charge is 0.524 e. The first kappa shape index (κ1) is 38.2. The van der Waals surface area contributed by atoms with Gasteiger partial charge in [0.1, 0.15) is 23.4 Å². The SMILES string of the molecule is CC(=O)N[C@@H](Cc1ccc(OP(=O)(O)O)cc1)C(=O)NC1(C(=O)N[C@@H](CC(N)=O)C(=O)NCCCCCc2ccccc2)CCCCC1. The number of amides is 5. The lowest BCUT2D eigenvalue weighted by Crippen LogP contribution is -2.65. The van der Waals surface area contributed by atoms with Gasteiger partial charge in [0.25, 0.3) is 0 Å². The van der Waals surface area contributed by atoms with Crippen molar-refractivity contribution in [2.24, 2.45) is 5.73 Å². The summed E-state index contributed by atoms with van der Waals surface area (Å²) in [6.45, 7) is 1.60. The minimum absolute atomic E-state index is 0.00262. The Bertz CT molecular complexity index is 1440. The van der Waals surface area contributed by atoms with Gasteiger partial charge in [0, 0.05) is 19.9 Å². The zero-order valence-electron chi connectivity index (χ0n) is 27.1. The molecular weight excluding hydrogens is 641 g/mol. The fourth-order valence-electron chi connectivity index (χ4n) is 5.72. The first-order valence-corrected chi connectivity index (χ1v) is 17.6. The van der Waals surface area contributed by atoms with Crippen molar-refractivity contribution in [3.63, 3.8) is 0 Å². The van der Waals surface area contributed by atoms with Crippen LogP contribution >= 0.6 is 7.82 Å². The monoisotopic (exact) mass is 687 g/mol. The van der Waals surface area contributed by atoms with Crippen molar-refractivity contribution >= 4 is 37.4 Å². The zero-order valence-corrected chi connectivity index (χ0v) is 28.0. The van der Waals surface area contributed by atoms with Crippen molar-refractivity contribution in [3.8, 4) is 5.75 Å². The summed E-state index contributed by atoms with van der Waals surface area (Å²) in [6, 6.07) is 13.4. The second-order valence-electron chi connectivity index (χ2n) is 12.1. The highest BCUT2D eigenvalue weighted by Gasteiger charge is 2.43. The van der Waals surface area contributed by atoms with Crippen molar-refractivity contribution in [1.82, 2.24) is 21.3 Å². The molecule has 5 amide bonds. The Morgan fingerprint density at radius 3 is 2.12 bits per heavy atom. The highest BCUT2D eigenvalue weighted by molar-refractivity contribution is 7.46. The van der Waals surface area contributed by atoms with E-state index >= 15 is 0 Å². The molecule has 14 nitrogen and oxygen atoms in total. The van der Waals surface area contributed by atoms with Gasteiger partial charge in [-0.05, 0) is 55.4 Å². The molecule has 15 heteroatoms. The van der Waals surface area contributed by atoms with Crippen LogP contribution in [0.2, 0.25) is 0 Å². The molecule has 0 bridgehead atoms. The van der Waals surface area contributed by atoms with Gasteiger partial charge in [0.05, 0.1) is 6.42 Å². The highest BCUT2D eigenvalue weighted by atomic mass is 31.2. The molecule has 0 radical (unpaired) electrons. The maximum atomic E-state index is 13.8. The molecule has 262 valence electrons. The number of unbranched alkanes of at least 4 members (excludes halogenated alkanes) is 2. The lowest BCUT2D eigenvalue weighted by atomic mass is 9.80. The van der Waals surface area contributed by atoms with Gasteiger partial charge in [-0.15, -0.1) is 0 Å². The maximum absolute atomic E-state index is 13.8. The van der Waals surface area contributed by atoms with Gasteiger partial charge in [0.2, 0.25) is 29.5 Å². The number of benzene rings is 2. The van der Waals surface area contributed by atoms with Gasteiger partial charge in [-0.1, -0.05) is 68.1 Å². The number of primary amides is 1. The normalized spacial score (nSPS) is 15.3. The summed E-state index contributed by atoms with van der Waals surface area (Å²) in [5.74, 6) is -3.16. The first-order chi connectivity index (χ1) is 22.8. The van der Waals surface area contributed by atoms with E-state index in [1.54, 1.807) is 0 Å². The number of nitrogens with one attached hydrogen (secondary N) is 4. The van der Waals surface area contributed by atoms with Gasteiger partial charge in [-0.25, -0.2) is 4.57 Å². The molecule has 1 aliphatic carbocycles. The quantitative estimate of drug-likeness (QED) is 0.0896. The van der Waals surface area contributed by atoms with E-state index in [1.807, 2.05) is 18.2 Å². The van der Waals surface area contributed by atoms with Gasteiger partial charge in [0.15, 0.2) is 0 Å². The van der Waals surface area contributed by atoms with Crippen molar-refractivity contribution in [2.75, 3.05) is 6.54 Å². The van der Waals surface area contributed by atoms with Crippen molar-refractivity contribution in [2.45, 2.75) is 95.2 Å². The van der Waals surface area contributed by atoms with Crippen molar-refractivity contribution < 1.29 is 42.8 Å². The molecule has 2 atom stereocenters. The van der Waals surface area contributed by atoms with Crippen LogP contribution in [-0.4, -0.2) is 63.5 Å². The molecule has 0 unspecified atom stereocenters. The Labute approximate surface area is 280 Å². The number of hydrogen-bond donors (Lipinski definition) is 7. The third kappa shape index (κ3) is 13.1. The Kier molecular flexibility index (Phi) is 14.6. The molecule has 1 fully saturated rings. The molecule has 2 aromatic carbocycles. The molecule has 1 saturated carbocycles. The summed E-state index contributed by atoms with van der Waals surface area (Å²) in [5, 5.41) is 10.9. The lowest BCUT2D eigenvalue weighted by Gasteiger charge is -2.38. The predicted molar refractivity (Wildman–Crippen MR) is 177 cm³/mol. The standard InChI is InChI=1S/C33H46N5O9P/c1-23(39)36-27(21-25-14-16-26(17-15-25)47-48(44,45)46)31(42)38-33(18-8-4-9-19-33)32(43)37-28(22-29(34)40)30(41)35-20-10-3-7-13-24-11-5-2-6-12-24/h2,5-6,11-12,14-17,27-28H,3-4,7-10,13,18-22H2,1H3,(H2,34,40)(H,35,41)(H,36,39)(H,37,43)(H,38,42)(H2,44,45,46)/t27-,28-/m0/s1. The smallest absolute Gasteiger partial charge is 0.404 e. The number of nitrogens with two attached hydrogens (primary N) is 1. The summed E-state index contributed by atoms with van der Waals surface area (Å²) >= 11 is 0. The molecule has 1 aliphatic rings. The van der Waals surface area contributed by atoms with Gasteiger partial charge in [-0.3, -0.25) is 33.8 Å². The van der Waals surface area contributed by atoms with E-state index in [-0.39, 0.29) is 25.0 Å². The second-order valence-corrected chi connectivity index (χ2v) is 13.3. The highest BCUT2D eigenvalue weighted by Crippen LogP contribution is 2.37. The summed E-state index contributed by atoms with van der Waals surface area (Å²) < 4.78 is 15.7. The number of phosphoric acid groups is 1. The van der Waals surface area contributed by atoms with E-state index in [1.165, 1.54) is 36.8 Å². The first-order valence-electron chi connectivity index (χ1n) is 16.1. The predicted octanol–water partition coefficient (Wildman–Crippen LogP) is 1.91. The average molecular weight is 688 g/mol. The van der Waals surface area contributed by atoms with Crippen LogP contribution in [0.1, 0.15) is 75.8 Å². The number of aryl methyl sites for hydroxylation is 1. The molecule has 0 spiro atoms. The Hall–Kier alpha value is -4.26. The summed E-state index contributed by atoms with van der Waals surface area (Å²) in [7, 11) is -4.76. The van der Waals surface area contributed by atoms with Crippen molar-refractivity contribution in [3.05, 3.63) is 65.7 Å². The Balaban J connectivity index is 1.65. The van der Waals surface area contributed by atoms with E-state index in [2.05, 4.69) is 37.9 Å². The van der Waals surface area contributed by atoms with Gasteiger partial charge >= 0.3 is 7.82 Å². The van der Waals surface area contributed by atoms with Crippen LogP contribution < -0.4 is 31.5 Å². The molecule has 0 saturated heterocycles. The van der Waals surface area contributed by atoms with Crippen molar-refractivity contribution in [1.29, 1.82) is 0 Å². The fraction of sp³-hybridized carbons (Fsp3) is 0.485. The Morgan fingerprint density at radius 1 is 0.854 bits per heavy atom. The average Bonchev–Trinajstić information content (AvgIpc) is 3.02. The summed E-state index contributed by atoms with van der Waals surface area (Å²) in [5.41, 5.74) is 5.80. The molecule has 8 N–H and O–H groups in total. The minimum atomic E-state index is -4.76. The van der Waals surface area contributed by atoms with Gasteiger partial charge < -0.3 is 31.5 Å². The Morgan fingerprint density at radius 2 is 1.52 bits per heavy atom. The fourth-order valence-corrected chi connectivity index (χ4v) is 6.11. The van der Waals surface area contributed by atoms with E-state index < -0.39 is 61.4 Å². The van der Waals surface area contributed by atoms with Crippen LogP contribution in [0.15, 0.2) is 54.6 Å². The number of carbonyl (C=O) groups excluding carboxylic acids is 5. The van der Waals surface area contributed by atoms with Crippen LogP contribution in [-0.2, 0) is 41.4 Å². The molecule has 3 rings (SSSR count). The van der Waals surface area contributed by atoms with E-state index in [4.69, 9.17) is 15.5 Å². The number of phosphoric ester groups is 1. The summed E-state index contributed by atoms with van der Waals surface area (Å²) in [6.07, 6.45) is 5.64. The van der Waals surface area contributed by atoms with Crippen LogP contribution in [0.25, 0.3) is 0 Å². The van der Waals surface area contributed by atoms with E-state index in [9.17, 15) is 28.5 Å². The molecule has 2 aromatic rings. The van der Waals surface area contributed by atoms with Crippen LogP contribution in [0.4, 0.5) is 0 Å². The zero-order chi connectivity index (χ0) is 35.2. The number of carbonyl (C=O) groups is 5. The van der Waals surface area contributed by atoms with Crippen LogP contribution in [0.3, 0.4) is 0 Å². The molecular formula is C33H46N5O9P. The van der Waals surface area contributed by atoms with E-state index in [0.717, 1.165) is 25.7 Å². The molecule has 0 aromatic heterocycles. The third-order valence-electron chi connectivity index (χ3n) is 8.10. The topological polar surface area (TPSA) is 226 Å². The molecule has 48 heavy (non-hydrogen) atoms. The number of rotatable bonds is 18. The van der Waals surface area contributed by atoms with Crippen LogP contribution in [0.5, 0.6) is 5.75 Å². The second kappa shape index (κ2) is 18.3. The third-order valence-corrected chi connectivity index (χ3v) is 8.55. The molecule has 0 heterocycles. The maximum Gasteiger partial charge on any atom is 0.524 e. The number of hydrogen-bond acceptors (Lipinski definition) is 7. The van der Waals surface area contributed by atoms with Gasteiger partial charge in [-0.2, -0.15) is 0 Å².